The van der Waals surface area contributed by atoms with E-state index in [1.807, 2.05) is 0 Å². The van der Waals surface area contributed by atoms with Crippen molar-refractivity contribution in [2.75, 3.05) is 26.3 Å². The standard InChI is InChI=1S/C11H12F3NO2S/c12-11(13,14)9-3-1-2-4-10(9)18(16)15-5-7-17-8-6-15/h1-4H,5-8H2. The van der Waals surface area contributed by atoms with Gasteiger partial charge in [0.25, 0.3) is 0 Å². The van der Waals surface area contributed by atoms with E-state index in [-0.39, 0.29) is 4.90 Å². The summed E-state index contributed by atoms with van der Waals surface area (Å²) >= 11 is 0. The minimum absolute atomic E-state index is 0.188. The van der Waals surface area contributed by atoms with Crippen molar-refractivity contribution in [3.05, 3.63) is 29.8 Å². The Morgan fingerprint density at radius 2 is 1.78 bits per heavy atom. The normalized spacial score (nSPS) is 19.7. The third-order valence-corrected chi connectivity index (χ3v) is 4.15. The van der Waals surface area contributed by atoms with Gasteiger partial charge >= 0.3 is 6.18 Å². The molecule has 1 unspecified atom stereocenters. The first-order valence-electron chi connectivity index (χ1n) is 5.41. The highest BCUT2D eigenvalue weighted by molar-refractivity contribution is 7.82. The molecule has 7 heteroatoms. The van der Waals surface area contributed by atoms with Gasteiger partial charge in [0.15, 0.2) is 0 Å². The number of halogens is 3. The highest BCUT2D eigenvalue weighted by Gasteiger charge is 2.35. The average Bonchev–Trinajstić information content (AvgIpc) is 2.38. The first-order valence-corrected chi connectivity index (χ1v) is 6.51. The van der Waals surface area contributed by atoms with Crippen LogP contribution in [0.2, 0.25) is 0 Å². The quantitative estimate of drug-likeness (QED) is 0.829. The van der Waals surface area contributed by atoms with Gasteiger partial charge in [-0.05, 0) is 12.1 Å². The highest BCUT2D eigenvalue weighted by Crippen LogP contribution is 2.33. The molecule has 1 atom stereocenters. The smallest absolute Gasteiger partial charge is 0.379 e. The molecule has 1 aromatic carbocycles. The van der Waals surface area contributed by atoms with Gasteiger partial charge in [-0.25, -0.2) is 8.51 Å². The highest BCUT2D eigenvalue weighted by atomic mass is 32.2. The summed E-state index contributed by atoms with van der Waals surface area (Å²) in [5, 5.41) is 0. The van der Waals surface area contributed by atoms with E-state index in [9.17, 15) is 17.4 Å². The molecule has 1 heterocycles. The fourth-order valence-corrected chi connectivity index (χ4v) is 3.03. The van der Waals surface area contributed by atoms with Gasteiger partial charge in [-0.1, -0.05) is 12.1 Å². The van der Waals surface area contributed by atoms with Crippen LogP contribution in [0, 0.1) is 0 Å². The summed E-state index contributed by atoms with van der Waals surface area (Å²) < 4.78 is 57.1. The zero-order chi connectivity index (χ0) is 13.2. The van der Waals surface area contributed by atoms with Crippen LogP contribution in [0.15, 0.2) is 29.2 Å². The lowest BCUT2D eigenvalue weighted by atomic mass is 10.2. The topological polar surface area (TPSA) is 29.5 Å². The summed E-state index contributed by atoms with van der Waals surface area (Å²) in [7, 11) is -1.79. The Morgan fingerprint density at radius 1 is 1.17 bits per heavy atom. The number of hydrogen-bond acceptors (Lipinski definition) is 2. The second-order valence-corrected chi connectivity index (χ2v) is 5.24. The predicted molar refractivity (Wildman–Crippen MR) is 60.2 cm³/mol. The minimum Gasteiger partial charge on any atom is -0.379 e. The number of rotatable bonds is 2. The van der Waals surface area contributed by atoms with Gasteiger partial charge in [0.05, 0.1) is 23.7 Å². The summed E-state index contributed by atoms with van der Waals surface area (Å²) in [5.41, 5.74) is -0.838. The summed E-state index contributed by atoms with van der Waals surface area (Å²) in [6, 6.07) is 4.97. The van der Waals surface area contributed by atoms with Crippen molar-refractivity contribution in [1.82, 2.24) is 4.31 Å². The third kappa shape index (κ3) is 2.90. The monoisotopic (exact) mass is 279 g/mol. The molecule has 0 aliphatic carbocycles. The van der Waals surface area contributed by atoms with Crippen LogP contribution in [0.1, 0.15) is 5.56 Å². The van der Waals surface area contributed by atoms with Crippen molar-refractivity contribution in [2.45, 2.75) is 11.1 Å². The molecule has 1 aromatic rings. The van der Waals surface area contributed by atoms with Crippen LogP contribution in [0.5, 0.6) is 0 Å². The molecule has 1 aliphatic heterocycles. The first-order chi connectivity index (χ1) is 8.50. The molecule has 0 amide bonds. The van der Waals surface area contributed by atoms with Gasteiger partial charge in [-0.15, -0.1) is 0 Å². The molecule has 3 nitrogen and oxygen atoms in total. The Kier molecular flexibility index (Phi) is 4.04. The fraction of sp³-hybridized carbons (Fsp3) is 0.455. The lowest BCUT2D eigenvalue weighted by molar-refractivity contribution is -0.139. The summed E-state index contributed by atoms with van der Waals surface area (Å²) in [4.78, 5) is -0.188. The van der Waals surface area contributed by atoms with E-state index in [1.165, 1.54) is 22.5 Å². The maximum absolute atomic E-state index is 12.8. The van der Waals surface area contributed by atoms with Crippen molar-refractivity contribution < 1.29 is 22.1 Å². The lowest BCUT2D eigenvalue weighted by Gasteiger charge is -2.26. The molecule has 0 saturated carbocycles. The number of alkyl halides is 3. The molecule has 0 radical (unpaired) electrons. The van der Waals surface area contributed by atoms with E-state index in [0.717, 1.165) is 6.07 Å². The van der Waals surface area contributed by atoms with Crippen molar-refractivity contribution in [2.24, 2.45) is 0 Å². The second-order valence-electron chi connectivity index (χ2n) is 3.78. The SMILES string of the molecule is O=S(c1ccccc1C(F)(F)F)N1CCOCC1. The lowest BCUT2D eigenvalue weighted by Crippen LogP contribution is -2.38. The van der Waals surface area contributed by atoms with E-state index in [4.69, 9.17) is 4.74 Å². The van der Waals surface area contributed by atoms with Gasteiger partial charge in [0.2, 0.25) is 0 Å². The molecule has 1 fully saturated rings. The number of nitrogens with zero attached hydrogens (tertiary/aromatic N) is 1. The Balaban J connectivity index is 2.30. The predicted octanol–water partition coefficient (Wildman–Crippen LogP) is 2.06. The molecule has 2 rings (SSSR count). The molecule has 0 spiro atoms. The van der Waals surface area contributed by atoms with Crippen molar-refractivity contribution in [3.8, 4) is 0 Å². The summed E-state index contributed by atoms with van der Waals surface area (Å²) in [6.07, 6.45) is -4.49. The summed E-state index contributed by atoms with van der Waals surface area (Å²) in [6.45, 7) is 1.53. The van der Waals surface area contributed by atoms with Crippen molar-refractivity contribution >= 4 is 11.0 Å². The van der Waals surface area contributed by atoms with Crippen LogP contribution in [0.4, 0.5) is 13.2 Å². The van der Waals surface area contributed by atoms with Crippen LogP contribution < -0.4 is 0 Å². The van der Waals surface area contributed by atoms with Crippen LogP contribution in [-0.2, 0) is 21.9 Å². The number of ether oxygens (including phenoxy) is 1. The minimum atomic E-state index is -4.49. The molecule has 18 heavy (non-hydrogen) atoms. The van der Waals surface area contributed by atoms with Crippen LogP contribution in [0.3, 0.4) is 0 Å². The number of hydrogen-bond donors (Lipinski definition) is 0. The Bertz CT molecular complexity index is 444. The average molecular weight is 279 g/mol. The van der Waals surface area contributed by atoms with E-state index in [0.29, 0.717) is 26.3 Å². The Labute approximate surface area is 105 Å². The van der Waals surface area contributed by atoms with Gasteiger partial charge in [-0.2, -0.15) is 13.2 Å². The van der Waals surface area contributed by atoms with E-state index < -0.39 is 22.7 Å². The molecule has 0 N–H and O–H groups in total. The molecular weight excluding hydrogens is 267 g/mol. The van der Waals surface area contributed by atoms with Crippen LogP contribution in [0.25, 0.3) is 0 Å². The largest absolute Gasteiger partial charge is 0.417 e. The molecule has 1 aliphatic rings. The zero-order valence-corrected chi connectivity index (χ0v) is 10.3. The van der Waals surface area contributed by atoms with Crippen LogP contribution >= 0.6 is 0 Å². The van der Waals surface area contributed by atoms with Crippen LogP contribution in [-0.4, -0.2) is 34.8 Å². The van der Waals surface area contributed by atoms with E-state index >= 15 is 0 Å². The number of benzene rings is 1. The summed E-state index contributed by atoms with van der Waals surface area (Å²) in [5.74, 6) is 0. The van der Waals surface area contributed by atoms with Gasteiger partial charge in [0.1, 0.15) is 11.0 Å². The maximum Gasteiger partial charge on any atom is 0.417 e. The van der Waals surface area contributed by atoms with Gasteiger partial charge in [0, 0.05) is 13.1 Å². The Morgan fingerprint density at radius 3 is 2.39 bits per heavy atom. The molecular formula is C11H12F3NO2S. The molecule has 0 bridgehead atoms. The zero-order valence-electron chi connectivity index (χ0n) is 9.44. The molecule has 100 valence electrons. The third-order valence-electron chi connectivity index (χ3n) is 2.59. The van der Waals surface area contributed by atoms with Crippen molar-refractivity contribution in [3.63, 3.8) is 0 Å². The first kappa shape index (κ1) is 13.5. The van der Waals surface area contributed by atoms with Gasteiger partial charge in [-0.3, -0.25) is 0 Å². The maximum atomic E-state index is 12.8. The van der Waals surface area contributed by atoms with Crippen molar-refractivity contribution in [1.29, 1.82) is 0 Å². The van der Waals surface area contributed by atoms with E-state index in [1.54, 1.807) is 0 Å². The molecule has 0 aromatic heterocycles. The van der Waals surface area contributed by atoms with E-state index in [2.05, 4.69) is 0 Å². The second kappa shape index (κ2) is 5.38. The number of morpholine rings is 1. The van der Waals surface area contributed by atoms with Gasteiger partial charge < -0.3 is 4.74 Å². The Hall–Kier alpha value is -0.920. The fourth-order valence-electron chi connectivity index (χ4n) is 1.70. The molecule has 1 saturated heterocycles.